The van der Waals surface area contributed by atoms with E-state index >= 15 is 0 Å². The molecular formula is C29H24ClFN2O3S2. The average Bonchev–Trinajstić information content (AvgIpc) is 3.47. The number of benzene rings is 2. The van der Waals surface area contributed by atoms with Crippen LogP contribution in [0.4, 0.5) is 4.39 Å². The molecule has 2 aromatic carbocycles. The topological polar surface area (TPSA) is 68.3 Å². The van der Waals surface area contributed by atoms with E-state index in [2.05, 4.69) is 5.32 Å². The smallest absolute Gasteiger partial charge is 0.242 e. The van der Waals surface area contributed by atoms with Gasteiger partial charge in [-0.05, 0) is 64.7 Å². The third-order valence-corrected chi connectivity index (χ3v) is 8.89. The molecule has 2 aromatic heterocycles. The zero-order valence-corrected chi connectivity index (χ0v) is 22.8. The molecule has 1 N–H and O–H groups in total. The molecule has 0 spiro atoms. The second kappa shape index (κ2) is 11.3. The molecule has 3 unspecified atom stereocenters. The summed E-state index contributed by atoms with van der Waals surface area (Å²) < 4.78 is 19.6. The highest BCUT2D eigenvalue weighted by atomic mass is 35.5. The number of thioether (sulfide) groups is 1. The average molecular weight is 567 g/mol. The summed E-state index contributed by atoms with van der Waals surface area (Å²) in [5, 5.41) is 6.51. The van der Waals surface area contributed by atoms with E-state index in [9.17, 15) is 14.0 Å². The number of thiophene rings is 1. The van der Waals surface area contributed by atoms with Gasteiger partial charge in [-0.15, -0.1) is 11.8 Å². The molecular weight excluding hydrogens is 543 g/mol. The monoisotopic (exact) mass is 566 g/mol. The highest BCUT2D eigenvalue weighted by Crippen LogP contribution is 2.41. The summed E-state index contributed by atoms with van der Waals surface area (Å²) in [7, 11) is 0. The lowest BCUT2D eigenvalue weighted by atomic mass is 9.79. The number of hydrogen-bond donors (Lipinski definition) is 1. The van der Waals surface area contributed by atoms with Gasteiger partial charge in [0, 0.05) is 17.4 Å². The predicted octanol–water partition coefficient (Wildman–Crippen LogP) is 6.96. The van der Waals surface area contributed by atoms with Crippen molar-refractivity contribution in [1.29, 1.82) is 0 Å². The van der Waals surface area contributed by atoms with Crippen LogP contribution in [0.2, 0.25) is 5.02 Å². The number of Topliss-reactive ketones (excluding diaryl/α,β-unsaturated/α-hetero) is 1. The molecule has 1 fully saturated rings. The first-order valence-electron chi connectivity index (χ1n) is 12.1. The van der Waals surface area contributed by atoms with Crippen LogP contribution in [-0.4, -0.2) is 21.9 Å². The summed E-state index contributed by atoms with van der Waals surface area (Å²) in [6, 6.07) is 20.5. The number of ether oxygens (including phenoxy) is 1. The number of carbonyl (C=O) groups excluding carboxylic acids is 2. The van der Waals surface area contributed by atoms with Crippen LogP contribution in [0.5, 0.6) is 5.88 Å². The fourth-order valence-corrected chi connectivity index (χ4v) is 6.49. The van der Waals surface area contributed by atoms with Gasteiger partial charge in [-0.2, -0.15) is 11.3 Å². The van der Waals surface area contributed by atoms with E-state index in [0.29, 0.717) is 27.9 Å². The van der Waals surface area contributed by atoms with Gasteiger partial charge in [-0.3, -0.25) is 9.59 Å². The zero-order chi connectivity index (χ0) is 26.7. The molecule has 1 amide bonds. The molecule has 0 saturated carbocycles. The van der Waals surface area contributed by atoms with E-state index in [0.717, 1.165) is 22.9 Å². The third kappa shape index (κ3) is 5.34. The Morgan fingerprint density at radius 1 is 1.13 bits per heavy atom. The Morgan fingerprint density at radius 2 is 1.92 bits per heavy atom. The molecule has 1 aliphatic rings. The van der Waals surface area contributed by atoms with Gasteiger partial charge in [-0.1, -0.05) is 48.9 Å². The van der Waals surface area contributed by atoms with Crippen LogP contribution in [0.1, 0.15) is 42.7 Å². The summed E-state index contributed by atoms with van der Waals surface area (Å²) in [6.07, 6.45) is 0.335. The molecule has 194 valence electrons. The lowest BCUT2D eigenvalue weighted by molar-refractivity contribution is -0.133. The number of nitrogens with one attached hydrogen (secondary N) is 1. The first kappa shape index (κ1) is 26.4. The molecule has 1 saturated heterocycles. The van der Waals surface area contributed by atoms with E-state index in [1.807, 2.05) is 29.8 Å². The molecule has 3 heterocycles. The number of pyridine rings is 1. The number of aromatic nitrogens is 1. The van der Waals surface area contributed by atoms with E-state index < -0.39 is 16.7 Å². The Bertz CT molecular complexity index is 1430. The molecule has 0 aliphatic carbocycles. The number of halogens is 2. The standard InChI is InChI=1S/C29H24ClFN2O3S2/c1-2-23(18-10-12-20(31)13-11-18)36-26-9-5-8-25(32-26)29(19-14-15-37-17-19)16-22(34)27(28(35)33-29)38-24-7-4-3-6-21(24)30/h3-15,17,23,27H,2,16H2,1H3,(H,33,35). The van der Waals surface area contributed by atoms with Crippen LogP contribution in [0.15, 0.2) is 88.5 Å². The highest BCUT2D eigenvalue weighted by molar-refractivity contribution is 8.01. The second-order valence-electron chi connectivity index (χ2n) is 8.91. The van der Waals surface area contributed by atoms with E-state index in [4.69, 9.17) is 21.3 Å². The van der Waals surface area contributed by atoms with Crippen LogP contribution in [0.3, 0.4) is 0 Å². The molecule has 0 radical (unpaired) electrons. The molecule has 5 rings (SSSR count). The quantitative estimate of drug-likeness (QED) is 0.234. The minimum atomic E-state index is -1.14. The lowest BCUT2D eigenvalue weighted by Crippen LogP contribution is -2.58. The minimum absolute atomic E-state index is 0.0310. The van der Waals surface area contributed by atoms with Crippen molar-refractivity contribution in [1.82, 2.24) is 10.3 Å². The van der Waals surface area contributed by atoms with Crippen molar-refractivity contribution in [3.63, 3.8) is 0 Å². The molecule has 0 bridgehead atoms. The maximum absolute atomic E-state index is 13.5. The summed E-state index contributed by atoms with van der Waals surface area (Å²) in [5.74, 6) is -0.577. The third-order valence-electron chi connectivity index (χ3n) is 6.44. The lowest BCUT2D eigenvalue weighted by Gasteiger charge is -2.39. The molecule has 9 heteroatoms. The number of rotatable bonds is 8. The van der Waals surface area contributed by atoms with Gasteiger partial charge in [0.05, 0.1) is 10.7 Å². The summed E-state index contributed by atoms with van der Waals surface area (Å²) in [5.41, 5.74) is 0.975. The van der Waals surface area contributed by atoms with E-state index in [1.165, 1.54) is 23.5 Å². The van der Waals surface area contributed by atoms with Gasteiger partial charge in [0.2, 0.25) is 11.8 Å². The van der Waals surface area contributed by atoms with Gasteiger partial charge in [0.15, 0.2) is 5.78 Å². The number of ketones is 1. The Balaban J connectivity index is 1.46. The fraction of sp³-hybridized carbons (Fsp3) is 0.207. The second-order valence-corrected chi connectivity index (χ2v) is 11.2. The molecule has 3 atom stereocenters. The highest BCUT2D eigenvalue weighted by Gasteiger charge is 2.48. The number of hydrogen-bond acceptors (Lipinski definition) is 6. The van der Waals surface area contributed by atoms with Crippen molar-refractivity contribution in [2.45, 2.75) is 41.6 Å². The number of piperidine rings is 1. The Kier molecular flexibility index (Phi) is 7.83. The largest absolute Gasteiger partial charge is 0.469 e. The Morgan fingerprint density at radius 3 is 2.61 bits per heavy atom. The molecule has 1 aliphatic heterocycles. The van der Waals surface area contributed by atoms with Crippen LogP contribution >= 0.6 is 34.7 Å². The minimum Gasteiger partial charge on any atom is -0.469 e. The maximum Gasteiger partial charge on any atom is 0.242 e. The Hall–Kier alpha value is -3.20. The molecule has 4 aromatic rings. The number of nitrogens with zero attached hydrogens (tertiary/aromatic N) is 1. The Labute approximate surface area is 233 Å². The normalized spacial score (nSPS) is 20.1. The summed E-state index contributed by atoms with van der Waals surface area (Å²) in [4.78, 5) is 32.4. The molecule has 38 heavy (non-hydrogen) atoms. The van der Waals surface area contributed by atoms with Crippen LogP contribution in [-0.2, 0) is 15.1 Å². The van der Waals surface area contributed by atoms with E-state index in [1.54, 1.807) is 48.5 Å². The summed E-state index contributed by atoms with van der Waals surface area (Å²) >= 11 is 8.92. The van der Waals surface area contributed by atoms with Crippen LogP contribution in [0.25, 0.3) is 0 Å². The number of amides is 1. The first-order chi connectivity index (χ1) is 18.4. The van der Waals surface area contributed by atoms with Crippen molar-refractivity contribution in [3.8, 4) is 5.88 Å². The summed E-state index contributed by atoms with van der Waals surface area (Å²) in [6.45, 7) is 1.97. The number of carbonyl (C=O) groups is 2. The maximum atomic E-state index is 13.5. The van der Waals surface area contributed by atoms with Gasteiger partial charge in [0.25, 0.3) is 0 Å². The SMILES string of the molecule is CCC(Oc1cccc(C2(c3ccsc3)CC(=O)C(Sc3ccccc3Cl)C(=O)N2)n1)c1ccc(F)cc1. The molecule has 5 nitrogen and oxygen atoms in total. The van der Waals surface area contributed by atoms with Crippen molar-refractivity contribution in [2.24, 2.45) is 0 Å². The van der Waals surface area contributed by atoms with Crippen LogP contribution < -0.4 is 10.1 Å². The van der Waals surface area contributed by atoms with Gasteiger partial charge < -0.3 is 10.1 Å². The van der Waals surface area contributed by atoms with Gasteiger partial charge in [0.1, 0.15) is 22.7 Å². The van der Waals surface area contributed by atoms with Crippen LogP contribution in [0, 0.1) is 5.82 Å². The van der Waals surface area contributed by atoms with Gasteiger partial charge >= 0.3 is 0 Å². The first-order valence-corrected chi connectivity index (χ1v) is 14.3. The van der Waals surface area contributed by atoms with Gasteiger partial charge in [-0.25, -0.2) is 9.37 Å². The predicted molar refractivity (Wildman–Crippen MR) is 148 cm³/mol. The van der Waals surface area contributed by atoms with Crippen molar-refractivity contribution < 1.29 is 18.7 Å². The van der Waals surface area contributed by atoms with Crippen molar-refractivity contribution in [3.05, 3.63) is 111 Å². The fourth-order valence-electron chi connectivity index (χ4n) is 4.52. The van der Waals surface area contributed by atoms with Crippen molar-refractivity contribution >= 4 is 46.4 Å². The zero-order valence-electron chi connectivity index (χ0n) is 20.4. The van der Waals surface area contributed by atoms with E-state index in [-0.39, 0.29) is 24.1 Å². The van der Waals surface area contributed by atoms with Crippen molar-refractivity contribution in [2.75, 3.05) is 0 Å².